The van der Waals surface area contributed by atoms with Crippen LogP contribution >= 0.6 is 0 Å². The number of fused-ring (bicyclic) bond motifs is 8. The molecule has 59 heavy (non-hydrogen) atoms. The fourth-order valence-electron chi connectivity index (χ4n) is 8.64. The number of benzene rings is 6. The van der Waals surface area contributed by atoms with E-state index in [9.17, 15) is 0 Å². The van der Waals surface area contributed by atoms with Crippen LogP contribution in [0.15, 0.2) is 122 Å². The topological polar surface area (TPSA) is 72.6 Å². The first-order chi connectivity index (χ1) is 28.2. The van der Waals surface area contributed by atoms with Gasteiger partial charge in [0.05, 0.1) is 0 Å². The van der Waals surface area contributed by atoms with Gasteiger partial charge in [0, 0.05) is 101 Å². The summed E-state index contributed by atoms with van der Waals surface area (Å²) in [5, 5.41) is 8.90. The van der Waals surface area contributed by atoms with E-state index in [4.69, 9.17) is 18.9 Å². The minimum atomic E-state index is -0.209. The van der Waals surface area contributed by atoms with Crippen molar-refractivity contribution in [1.29, 1.82) is 0 Å². The Bertz CT molecular complexity index is 3070. The zero-order valence-electron chi connectivity index (χ0n) is 30.5. The molecule has 12 heteroatoms. The van der Waals surface area contributed by atoms with E-state index in [1.807, 2.05) is 108 Å². The zero-order valence-corrected chi connectivity index (χ0v) is 35.0. The molecule has 13 rings (SSSR count). The standard InChI is InChI=1S/C47H22B2N4O4.2Pt/c1-5-42-46-44(7-1)56-40-17-13-32(52-21-3-19-50-52)26-36(40)48(46)34-24-30(11-15-38(34)54-42)28-9-10-29(23-28)31-12-16-39-35(25-31)49-37-27-33(53-22-4-20-51-53)14-18-41(37)57-45-8-2-6-43(55-39)47(45)49;;/h1-8,11-22H,9H2;;/q-6;;. The van der Waals surface area contributed by atoms with Crippen LogP contribution in [-0.2, 0) is 42.1 Å². The van der Waals surface area contributed by atoms with Crippen molar-refractivity contribution in [1.82, 2.24) is 19.6 Å². The van der Waals surface area contributed by atoms with Crippen LogP contribution in [0.3, 0.4) is 0 Å². The maximum Gasteiger partial charge on any atom is 0.214 e. The van der Waals surface area contributed by atoms with E-state index in [1.165, 1.54) is 0 Å². The number of aromatic nitrogens is 4. The van der Waals surface area contributed by atoms with Crippen molar-refractivity contribution in [2.75, 3.05) is 0 Å². The molecule has 5 aliphatic rings. The molecule has 2 aromatic heterocycles. The Morgan fingerprint density at radius 1 is 0.475 bits per heavy atom. The average molecular weight is 1120 g/mol. The number of ether oxygens (including phenoxy) is 4. The molecule has 0 N–H and O–H groups in total. The van der Waals surface area contributed by atoms with Gasteiger partial charge in [-0.25, -0.2) is 0 Å². The number of rotatable bonds is 4. The third kappa shape index (κ3) is 5.53. The summed E-state index contributed by atoms with van der Waals surface area (Å²) in [5.74, 6) is 6.05. The fraction of sp³-hybridized carbons (Fsp3) is 0.0213. The second-order valence-corrected chi connectivity index (χ2v) is 14.4. The van der Waals surface area contributed by atoms with Crippen molar-refractivity contribution in [3.05, 3.63) is 169 Å². The van der Waals surface area contributed by atoms with E-state index in [0.29, 0.717) is 6.42 Å². The summed E-state index contributed by atoms with van der Waals surface area (Å²) in [6, 6.07) is 46.5. The van der Waals surface area contributed by atoms with Gasteiger partial charge in [-0.2, -0.15) is 34.3 Å². The monoisotopic (exact) mass is 1120 g/mol. The van der Waals surface area contributed by atoms with Gasteiger partial charge in [0.15, 0.2) is 0 Å². The Balaban J connectivity index is 0.00000198. The molecule has 0 saturated heterocycles. The summed E-state index contributed by atoms with van der Waals surface area (Å²) in [6.07, 6.45) is 15.2. The third-order valence-electron chi connectivity index (χ3n) is 11.2. The van der Waals surface area contributed by atoms with Crippen molar-refractivity contribution in [2.45, 2.75) is 6.42 Å². The summed E-state index contributed by atoms with van der Waals surface area (Å²) >= 11 is 0. The molecule has 286 valence electrons. The van der Waals surface area contributed by atoms with Crippen LogP contribution in [0.25, 0.3) is 22.5 Å². The fourth-order valence-corrected chi connectivity index (χ4v) is 8.64. The van der Waals surface area contributed by atoms with Crippen molar-refractivity contribution in [3.8, 4) is 57.4 Å². The van der Waals surface area contributed by atoms with Gasteiger partial charge in [0.1, 0.15) is 23.0 Å². The molecule has 6 aromatic carbocycles. The molecule has 6 heterocycles. The van der Waals surface area contributed by atoms with E-state index in [-0.39, 0.29) is 55.6 Å². The van der Waals surface area contributed by atoms with Crippen LogP contribution in [-0.4, -0.2) is 33.0 Å². The van der Waals surface area contributed by atoms with Gasteiger partial charge in [-0.1, -0.05) is 12.1 Å². The molecule has 0 atom stereocenters. The molecule has 0 fully saturated rings. The van der Waals surface area contributed by atoms with Gasteiger partial charge < -0.3 is 42.2 Å². The molecule has 8 nitrogen and oxygen atoms in total. The van der Waals surface area contributed by atoms with E-state index < -0.39 is 0 Å². The number of hydrogen-bond donors (Lipinski definition) is 0. The molecule has 0 saturated carbocycles. The first-order valence-corrected chi connectivity index (χ1v) is 18.7. The predicted octanol–water partition coefficient (Wildman–Crippen LogP) is 5.19. The molecular weight excluding hydrogens is 1100 g/mol. The quantitative estimate of drug-likeness (QED) is 0.179. The van der Waals surface area contributed by atoms with E-state index >= 15 is 0 Å². The van der Waals surface area contributed by atoms with Gasteiger partial charge in [-0.3, -0.25) is 27.1 Å². The Hall–Kier alpha value is -6.07. The number of allylic oxidation sites excluding steroid dienone is 4. The van der Waals surface area contributed by atoms with Crippen molar-refractivity contribution < 1.29 is 61.1 Å². The Labute approximate surface area is 368 Å². The second-order valence-electron chi connectivity index (χ2n) is 14.4. The van der Waals surface area contributed by atoms with Crippen LogP contribution in [0.2, 0.25) is 0 Å². The minimum absolute atomic E-state index is 0. The van der Waals surface area contributed by atoms with Gasteiger partial charge in [0.25, 0.3) is 0 Å². The van der Waals surface area contributed by atoms with Crippen LogP contribution in [0, 0.1) is 36.4 Å². The molecule has 0 radical (unpaired) electrons. The van der Waals surface area contributed by atoms with Crippen LogP contribution in [0.5, 0.6) is 46.0 Å². The molecule has 0 amide bonds. The SMILES string of the molecule is [C-]1=C(c2[c-]c3c(cc2)Oc2cccc4c2B3c2[c-]c(-n3cccn3)ccc2O4)[C-]=C(c2[c-]c3c(cc2)Oc2cccc4c2B3c2[c-]c(-n3cccn3)ccc2O4)C1.[Pt].[Pt]. The summed E-state index contributed by atoms with van der Waals surface area (Å²) in [7, 11) is 0. The summed E-state index contributed by atoms with van der Waals surface area (Å²) in [5.41, 5.74) is 10.9. The number of nitrogens with zero attached hydrogens (tertiary/aromatic N) is 4. The maximum absolute atomic E-state index is 6.49. The smallest absolute Gasteiger partial charge is 0.214 e. The summed E-state index contributed by atoms with van der Waals surface area (Å²) < 4.78 is 29.4. The summed E-state index contributed by atoms with van der Waals surface area (Å²) in [4.78, 5) is 0. The second kappa shape index (κ2) is 13.8. The third-order valence-corrected chi connectivity index (χ3v) is 11.2. The zero-order chi connectivity index (χ0) is 37.2. The Kier molecular flexibility index (Phi) is 8.41. The molecule has 0 bridgehead atoms. The van der Waals surface area contributed by atoms with E-state index in [0.717, 1.165) is 112 Å². The largest absolute Gasteiger partial charge is 0.518 e. The molecule has 0 unspecified atom stereocenters. The van der Waals surface area contributed by atoms with Crippen LogP contribution in [0.4, 0.5) is 0 Å². The maximum atomic E-state index is 6.49. The summed E-state index contributed by atoms with van der Waals surface area (Å²) in [6.45, 7) is -0.411. The predicted molar refractivity (Wildman–Crippen MR) is 216 cm³/mol. The van der Waals surface area contributed by atoms with Gasteiger partial charge in [0.2, 0.25) is 13.4 Å². The van der Waals surface area contributed by atoms with Gasteiger partial charge >= 0.3 is 0 Å². The molecular formula is C47H22B2N4O4Pt2-6. The van der Waals surface area contributed by atoms with Crippen molar-refractivity contribution in [2.24, 2.45) is 0 Å². The van der Waals surface area contributed by atoms with Gasteiger partial charge in [-0.05, 0) is 47.8 Å². The molecule has 0 spiro atoms. The minimum Gasteiger partial charge on any atom is -0.518 e. The van der Waals surface area contributed by atoms with E-state index in [1.54, 1.807) is 17.1 Å². The normalized spacial score (nSPS) is 14.1. The first-order valence-electron chi connectivity index (χ1n) is 18.7. The van der Waals surface area contributed by atoms with E-state index in [2.05, 4.69) is 52.7 Å². The van der Waals surface area contributed by atoms with Crippen molar-refractivity contribution >= 4 is 57.3 Å². The van der Waals surface area contributed by atoms with Gasteiger partial charge in [-0.15, -0.1) is 70.4 Å². The van der Waals surface area contributed by atoms with Crippen LogP contribution in [0.1, 0.15) is 17.5 Å². The average Bonchev–Trinajstić information content (AvgIpc) is 4.08. The molecule has 8 aromatic rings. The molecule has 1 aliphatic carbocycles. The van der Waals surface area contributed by atoms with Crippen molar-refractivity contribution in [3.63, 3.8) is 0 Å². The Morgan fingerprint density at radius 3 is 1.39 bits per heavy atom. The number of hydrogen-bond acceptors (Lipinski definition) is 6. The molecule has 4 aliphatic heterocycles. The Morgan fingerprint density at radius 2 is 0.915 bits per heavy atom. The first kappa shape index (κ1) is 36.0. The van der Waals surface area contributed by atoms with Crippen LogP contribution < -0.4 is 51.7 Å².